The molecule has 6 nitrogen and oxygen atoms in total. The number of benzene rings is 1. The molecule has 0 radical (unpaired) electrons. The Bertz CT molecular complexity index is 699. The van der Waals surface area contributed by atoms with Crippen molar-refractivity contribution in [3.63, 3.8) is 0 Å². The van der Waals surface area contributed by atoms with Crippen molar-refractivity contribution in [1.82, 2.24) is 4.31 Å². The van der Waals surface area contributed by atoms with E-state index in [1.54, 1.807) is 0 Å². The zero-order chi connectivity index (χ0) is 17.7. The van der Waals surface area contributed by atoms with Gasteiger partial charge >= 0.3 is 0 Å². The van der Waals surface area contributed by atoms with E-state index in [9.17, 15) is 17.6 Å². The van der Waals surface area contributed by atoms with E-state index in [0.717, 1.165) is 0 Å². The van der Waals surface area contributed by atoms with E-state index in [2.05, 4.69) is 5.32 Å². The molecule has 0 aromatic heterocycles. The van der Waals surface area contributed by atoms with Crippen LogP contribution in [0.25, 0.3) is 0 Å². The zero-order valence-electron chi connectivity index (χ0n) is 13.3. The van der Waals surface area contributed by atoms with Crippen molar-refractivity contribution in [3.05, 3.63) is 29.0 Å². The first-order chi connectivity index (χ1) is 11.3. The predicted octanol–water partition coefficient (Wildman–Crippen LogP) is 2.11. The normalized spacial score (nSPS) is 19.2. The summed E-state index contributed by atoms with van der Waals surface area (Å²) < 4.78 is 43.7. The smallest absolute Gasteiger partial charge is 0.228 e. The number of hydrogen-bond acceptors (Lipinski definition) is 4. The molecule has 1 fully saturated rings. The average molecular weight is 379 g/mol. The highest BCUT2D eigenvalue weighted by Gasteiger charge is 2.32. The summed E-state index contributed by atoms with van der Waals surface area (Å²) >= 11 is 5.69. The fourth-order valence-electron chi connectivity index (χ4n) is 2.55. The Labute approximate surface area is 146 Å². The van der Waals surface area contributed by atoms with Gasteiger partial charge < -0.3 is 10.1 Å². The third-order valence-corrected chi connectivity index (χ3v) is 5.97. The van der Waals surface area contributed by atoms with Crippen LogP contribution in [-0.4, -0.2) is 51.2 Å². The number of piperidine rings is 1. The number of carbonyl (C=O) groups excluding carboxylic acids is 1. The van der Waals surface area contributed by atoms with E-state index in [0.29, 0.717) is 25.1 Å². The molecule has 0 aliphatic carbocycles. The Morgan fingerprint density at radius 1 is 1.50 bits per heavy atom. The SMILES string of the molecule is COCCS(=O)(=O)N1CCCC(C(=O)Nc2ccc(F)c(Cl)c2)C1. The molecule has 1 heterocycles. The van der Waals surface area contributed by atoms with Crippen LogP contribution >= 0.6 is 11.6 Å². The minimum absolute atomic E-state index is 0.0831. The Balaban J connectivity index is 2.00. The molecule has 0 saturated carbocycles. The molecule has 9 heteroatoms. The van der Waals surface area contributed by atoms with Gasteiger partial charge in [-0.25, -0.2) is 17.1 Å². The van der Waals surface area contributed by atoms with Crippen LogP contribution in [0.1, 0.15) is 12.8 Å². The van der Waals surface area contributed by atoms with Gasteiger partial charge in [-0.2, -0.15) is 0 Å². The molecule has 1 atom stereocenters. The molecule has 1 unspecified atom stereocenters. The summed E-state index contributed by atoms with van der Waals surface area (Å²) in [4.78, 5) is 12.4. The number of rotatable bonds is 6. The van der Waals surface area contributed by atoms with Gasteiger partial charge in [-0.3, -0.25) is 4.79 Å². The largest absolute Gasteiger partial charge is 0.384 e. The van der Waals surface area contributed by atoms with Crippen LogP contribution in [-0.2, 0) is 19.6 Å². The first kappa shape index (κ1) is 19.1. The Morgan fingerprint density at radius 2 is 2.25 bits per heavy atom. The monoisotopic (exact) mass is 378 g/mol. The maximum Gasteiger partial charge on any atom is 0.228 e. The summed E-state index contributed by atoms with van der Waals surface area (Å²) in [7, 11) is -2.00. The molecule has 1 amide bonds. The van der Waals surface area contributed by atoms with Crippen LogP contribution in [0.15, 0.2) is 18.2 Å². The summed E-state index contributed by atoms with van der Waals surface area (Å²) in [5, 5.41) is 2.58. The van der Waals surface area contributed by atoms with E-state index < -0.39 is 21.8 Å². The number of amides is 1. The van der Waals surface area contributed by atoms with Crippen molar-refractivity contribution in [3.8, 4) is 0 Å². The molecule has 1 saturated heterocycles. The molecule has 0 bridgehead atoms. The third kappa shape index (κ3) is 4.89. The minimum Gasteiger partial charge on any atom is -0.384 e. The maximum atomic E-state index is 13.1. The first-order valence-electron chi connectivity index (χ1n) is 7.56. The molecule has 134 valence electrons. The van der Waals surface area contributed by atoms with Gasteiger partial charge in [0.25, 0.3) is 0 Å². The molecular formula is C15H20ClFN2O4S. The topological polar surface area (TPSA) is 75.7 Å². The fraction of sp³-hybridized carbons (Fsp3) is 0.533. The van der Waals surface area contributed by atoms with Gasteiger partial charge in [0, 0.05) is 25.9 Å². The maximum absolute atomic E-state index is 13.1. The summed E-state index contributed by atoms with van der Waals surface area (Å²) in [5.41, 5.74) is 0.380. The van der Waals surface area contributed by atoms with Crippen molar-refractivity contribution in [2.75, 3.05) is 37.9 Å². The number of methoxy groups -OCH3 is 1. The Morgan fingerprint density at radius 3 is 2.92 bits per heavy atom. The highest BCUT2D eigenvalue weighted by Crippen LogP contribution is 2.23. The van der Waals surface area contributed by atoms with E-state index in [-0.39, 0.29) is 29.8 Å². The fourth-order valence-corrected chi connectivity index (χ4v) is 4.18. The third-order valence-electron chi connectivity index (χ3n) is 3.88. The van der Waals surface area contributed by atoms with Crippen LogP contribution in [0, 0.1) is 11.7 Å². The van der Waals surface area contributed by atoms with Crippen molar-refractivity contribution < 1.29 is 22.3 Å². The first-order valence-corrected chi connectivity index (χ1v) is 9.55. The molecule has 1 aromatic carbocycles. The summed E-state index contributed by atoms with van der Waals surface area (Å²) in [6.07, 6.45) is 1.20. The summed E-state index contributed by atoms with van der Waals surface area (Å²) in [6, 6.07) is 3.90. The Kier molecular flexibility index (Phi) is 6.56. The standard InChI is InChI=1S/C15H20ClFN2O4S/c1-23-7-8-24(21,22)19-6-2-3-11(10-19)15(20)18-12-4-5-14(17)13(16)9-12/h4-5,9,11H,2-3,6-8,10H2,1H3,(H,18,20). The summed E-state index contributed by atoms with van der Waals surface area (Å²) in [6.45, 7) is 0.648. The average Bonchev–Trinajstić information content (AvgIpc) is 2.56. The van der Waals surface area contributed by atoms with Gasteiger partial charge in [-0.15, -0.1) is 0 Å². The molecule has 0 spiro atoms. The number of sulfonamides is 1. The second-order valence-electron chi connectivity index (χ2n) is 5.62. The van der Waals surface area contributed by atoms with Gasteiger partial charge in [-0.05, 0) is 31.0 Å². The van der Waals surface area contributed by atoms with E-state index in [1.807, 2.05) is 0 Å². The van der Waals surface area contributed by atoms with Crippen molar-refractivity contribution in [2.45, 2.75) is 12.8 Å². The highest BCUT2D eigenvalue weighted by atomic mass is 35.5. The number of halogens is 2. The van der Waals surface area contributed by atoms with Crippen LogP contribution in [0.5, 0.6) is 0 Å². The molecule has 1 aromatic rings. The lowest BCUT2D eigenvalue weighted by molar-refractivity contribution is -0.120. The van der Waals surface area contributed by atoms with Crippen LogP contribution in [0.4, 0.5) is 10.1 Å². The number of hydrogen-bond donors (Lipinski definition) is 1. The molecule has 1 aliphatic rings. The van der Waals surface area contributed by atoms with Crippen molar-refractivity contribution in [1.29, 1.82) is 0 Å². The molecule has 1 N–H and O–H groups in total. The number of ether oxygens (including phenoxy) is 1. The molecule has 24 heavy (non-hydrogen) atoms. The van der Waals surface area contributed by atoms with E-state index >= 15 is 0 Å². The van der Waals surface area contributed by atoms with Crippen molar-refractivity contribution >= 4 is 33.2 Å². The lowest BCUT2D eigenvalue weighted by Gasteiger charge is -2.31. The second kappa shape index (κ2) is 8.24. The Hall–Kier alpha value is -1.22. The van der Waals surface area contributed by atoms with Gasteiger partial charge in [-0.1, -0.05) is 11.6 Å². The van der Waals surface area contributed by atoms with Crippen molar-refractivity contribution in [2.24, 2.45) is 5.92 Å². The quantitative estimate of drug-likeness (QED) is 0.822. The van der Waals surface area contributed by atoms with E-state index in [4.69, 9.17) is 16.3 Å². The molecule has 2 rings (SSSR count). The number of carbonyl (C=O) groups is 1. The van der Waals surface area contributed by atoms with Gasteiger partial charge in [0.05, 0.1) is 23.3 Å². The van der Waals surface area contributed by atoms with Crippen LogP contribution in [0.3, 0.4) is 0 Å². The second-order valence-corrected chi connectivity index (χ2v) is 8.12. The summed E-state index contributed by atoms with van der Waals surface area (Å²) in [5.74, 6) is -1.43. The number of anilines is 1. The zero-order valence-corrected chi connectivity index (χ0v) is 14.9. The lowest BCUT2D eigenvalue weighted by Crippen LogP contribution is -2.45. The van der Waals surface area contributed by atoms with Gasteiger partial charge in [0.15, 0.2) is 0 Å². The van der Waals surface area contributed by atoms with Gasteiger partial charge in [0.2, 0.25) is 15.9 Å². The molecule has 1 aliphatic heterocycles. The number of nitrogens with one attached hydrogen (secondary N) is 1. The minimum atomic E-state index is -3.44. The van der Waals surface area contributed by atoms with Gasteiger partial charge in [0.1, 0.15) is 5.82 Å². The lowest BCUT2D eigenvalue weighted by atomic mass is 9.99. The number of nitrogens with zero attached hydrogens (tertiary/aromatic N) is 1. The van der Waals surface area contributed by atoms with Crippen LogP contribution < -0.4 is 5.32 Å². The highest BCUT2D eigenvalue weighted by molar-refractivity contribution is 7.89. The van der Waals surface area contributed by atoms with E-state index in [1.165, 1.54) is 29.6 Å². The molecular weight excluding hydrogens is 359 g/mol. The van der Waals surface area contributed by atoms with Crippen LogP contribution in [0.2, 0.25) is 5.02 Å². The predicted molar refractivity (Wildman–Crippen MR) is 90.0 cm³/mol.